The predicted molar refractivity (Wildman–Crippen MR) is 49.9 cm³/mol. The Morgan fingerprint density at radius 3 is 2.54 bits per heavy atom. The molecule has 1 saturated heterocycles. The van der Waals surface area contributed by atoms with Gasteiger partial charge >= 0.3 is 6.03 Å². The van der Waals surface area contributed by atoms with Crippen LogP contribution in [0.5, 0.6) is 0 Å². The summed E-state index contributed by atoms with van der Waals surface area (Å²) in [6, 6.07) is -0.200. The molecule has 2 rings (SSSR count). The van der Waals surface area contributed by atoms with Gasteiger partial charge in [-0.3, -0.25) is 0 Å². The van der Waals surface area contributed by atoms with E-state index in [-0.39, 0.29) is 6.03 Å². The van der Waals surface area contributed by atoms with Gasteiger partial charge in [-0.25, -0.2) is 4.79 Å². The van der Waals surface area contributed by atoms with E-state index in [1.807, 2.05) is 0 Å². The van der Waals surface area contributed by atoms with E-state index in [4.69, 9.17) is 0 Å². The highest BCUT2D eigenvalue weighted by Crippen LogP contribution is 2.03. The molecule has 1 fully saturated rings. The van der Waals surface area contributed by atoms with Crippen molar-refractivity contribution in [3.8, 4) is 0 Å². The second-order valence-electron chi connectivity index (χ2n) is 3.48. The Morgan fingerprint density at radius 2 is 2.00 bits per heavy atom. The van der Waals surface area contributed by atoms with Crippen molar-refractivity contribution < 1.29 is 4.79 Å². The summed E-state index contributed by atoms with van der Waals surface area (Å²) in [7, 11) is 2.11. The monoisotopic (exact) mass is 182 g/mol. The van der Waals surface area contributed by atoms with E-state index in [1.165, 1.54) is 0 Å². The largest absolute Gasteiger partial charge is 0.356 e. The summed E-state index contributed by atoms with van der Waals surface area (Å²) in [5, 5.41) is 2.68. The number of rotatable bonds is 0. The molecule has 13 heavy (non-hydrogen) atoms. The van der Waals surface area contributed by atoms with Gasteiger partial charge in [0.2, 0.25) is 0 Å². The summed E-state index contributed by atoms with van der Waals surface area (Å²) in [5.74, 6) is 0.901. The van der Waals surface area contributed by atoms with Crippen molar-refractivity contribution in [1.29, 1.82) is 0 Å². The minimum atomic E-state index is -0.200. The van der Waals surface area contributed by atoms with Gasteiger partial charge in [0, 0.05) is 26.2 Å². The van der Waals surface area contributed by atoms with Gasteiger partial charge in [0.25, 0.3) is 0 Å². The van der Waals surface area contributed by atoms with Gasteiger partial charge in [0.15, 0.2) is 0 Å². The fourth-order valence-corrected chi connectivity index (χ4v) is 1.60. The molecule has 0 radical (unpaired) electrons. The SMILES string of the molecule is CN1CCN(C2=NC(=O)NC2)CC1. The predicted octanol–water partition coefficient (Wildman–Crippen LogP) is -0.644. The summed E-state index contributed by atoms with van der Waals surface area (Å²) in [5.41, 5.74) is 0. The van der Waals surface area contributed by atoms with E-state index in [2.05, 4.69) is 27.2 Å². The number of likely N-dealkylation sites (N-methyl/N-ethyl adjacent to an activating group) is 1. The van der Waals surface area contributed by atoms with Gasteiger partial charge in [-0.1, -0.05) is 0 Å². The lowest BCUT2D eigenvalue weighted by Gasteiger charge is -2.33. The number of hydrogen-bond acceptors (Lipinski definition) is 3. The standard InChI is InChI=1S/C8H14N4O/c1-11-2-4-12(5-3-11)7-6-9-8(13)10-7/h2-6H2,1H3,(H,9,13). The molecular weight excluding hydrogens is 168 g/mol. The lowest BCUT2D eigenvalue weighted by molar-refractivity contribution is 0.214. The van der Waals surface area contributed by atoms with Crippen LogP contribution in [0.4, 0.5) is 4.79 Å². The average molecular weight is 182 g/mol. The molecular formula is C8H14N4O. The Kier molecular flexibility index (Phi) is 2.18. The van der Waals surface area contributed by atoms with Crippen LogP contribution >= 0.6 is 0 Å². The fraction of sp³-hybridized carbons (Fsp3) is 0.750. The van der Waals surface area contributed by atoms with E-state index >= 15 is 0 Å². The highest BCUT2D eigenvalue weighted by Gasteiger charge is 2.21. The van der Waals surface area contributed by atoms with Crippen LogP contribution in [0.3, 0.4) is 0 Å². The molecule has 2 aliphatic heterocycles. The number of urea groups is 1. The van der Waals surface area contributed by atoms with Crippen molar-refractivity contribution in [2.75, 3.05) is 39.8 Å². The Morgan fingerprint density at radius 1 is 1.31 bits per heavy atom. The van der Waals surface area contributed by atoms with Crippen LogP contribution in [0.1, 0.15) is 0 Å². The van der Waals surface area contributed by atoms with Crippen molar-refractivity contribution >= 4 is 11.9 Å². The van der Waals surface area contributed by atoms with Gasteiger partial charge in [-0.15, -0.1) is 0 Å². The van der Waals surface area contributed by atoms with E-state index in [1.54, 1.807) is 0 Å². The van der Waals surface area contributed by atoms with Crippen molar-refractivity contribution in [3.05, 3.63) is 0 Å². The smallest absolute Gasteiger partial charge is 0.343 e. The van der Waals surface area contributed by atoms with E-state index in [0.717, 1.165) is 32.0 Å². The molecule has 0 bridgehead atoms. The summed E-state index contributed by atoms with van der Waals surface area (Å²) < 4.78 is 0. The Hall–Kier alpha value is -1.10. The van der Waals surface area contributed by atoms with Gasteiger partial charge < -0.3 is 15.1 Å². The summed E-state index contributed by atoms with van der Waals surface area (Å²) in [6.07, 6.45) is 0. The Balaban J connectivity index is 1.95. The van der Waals surface area contributed by atoms with Crippen LogP contribution in [0.15, 0.2) is 4.99 Å². The zero-order chi connectivity index (χ0) is 9.26. The molecule has 2 amide bonds. The Labute approximate surface area is 77.4 Å². The van der Waals surface area contributed by atoms with Gasteiger partial charge in [-0.2, -0.15) is 4.99 Å². The third-order valence-corrected chi connectivity index (χ3v) is 2.50. The van der Waals surface area contributed by atoms with Gasteiger partial charge in [0.1, 0.15) is 5.84 Å². The normalized spacial score (nSPS) is 24.5. The maximum absolute atomic E-state index is 10.8. The van der Waals surface area contributed by atoms with Gasteiger partial charge in [-0.05, 0) is 7.05 Å². The first-order valence-electron chi connectivity index (χ1n) is 4.54. The number of hydrogen-bond donors (Lipinski definition) is 1. The number of carbonyl (C=O) groups is 1. The summed E-state index contributed by atoms with van der Waals surface area (Å²) in [6.45, 7) is 4.65. The summed E-state index contributed by atoms with van der Waals surface area (Å²) in [4.78, 5) is 19.2. The zero-order valence-electron chi connectivity index (χ0n) is 7.79. The third-order valence-electron chi connectivity index (χ3n) is 2.50. The van der Waals surface area contributed by atoms with Crippen LogP contribution in [-0.4, -0.2) is 61.4 Å². The summed E-state index contributed by atoms with van der Waals surface area (Å²) >= 11 is 0. The van der Waals surface area contributed by atoms with Crippen molar-refractivity contribution in [2.45, 2.75) is 0 Å². The quantitative estimate of drug-likeness (QED) is 0.542. The third kappa shape index (κ3) is 1.80. The molecule has 2 aliphatic rings. The van der Waals surface area contributed by atoms with Crippen molar-refractivity contribution in [3.63, 3.8) is 0 Å². The molecule has 0 spiro atoms. The first-order chi connectivity index (χ1) is 6.25. The molecule has 0 aromatic rings. The lowest BCUT2D eigenvalue weighted by Crippen LogP contribution is -2.48. The number of nitrogens with zero attached hydrogens (tertiary/aromatic N) is 3. The minimum absolute atomic E-state index is 0.200. The molecule has 1 N–H and O–H groups in total. The molecule has 0 saturated carbocycles. The second kappa shape index (κ2) is 3.33. The molecule has 0 aliphatic carbocycles. The average Bonchev–Trinajstić information content (AvgIpc) is 2.53. The first kappa shape index (κ1) is 8.50. The van der Waals surface area contributed by atoms with Crippen LogP contribution in [-0.2, 0) is 0 Å². The molecule has 0 atom stereocenters. The van der Waals surface area contributed by atoms with Crippen molar-refractivity contribution in [2.24, 2.45) is 4.99 Å². The van der Waals surface area contributed by atoms with E-state index < -0.39 is 0 Å². The second-order valence-corrected chi connectivity index (χ2v) is 3.48. The Bertz CT molecular complexity index is 243. The number of carbonyl (C=O) groups excluding carboxylic acids is 1. The first-order valence-corrected chi connectivity index (χ1v) is 4.54. The molecule has 0 unspecified atom stereocenters. The van der Waals surface area contributed by atoms with Crippen LogP contribution < -0.4 is 5.32 Å². The number of nitrogens with one attached hydrogen (secondary N) is 1. The van der Waals surface area contributed by atoms with Gasteiger partial charge in [0.05, 0.1) is 6.54 Å². The maximum Gasteiger partial charge on any atom is 0.343 e. The van der Waals surface area contributed by atoms with E-state index in [0.29, 0.717) is 6.54 Å². The molecule has 0 aromatic heterocycles. The molecule has 72 valence electrons. The van der Waals surface area contributed by atoms with Crippen LogP contribution in [0.2, 0.25) is 0 Å². The number of amidine groups is 1. The number of aliphatic imine (C=N–C) groups is 1. The maximum atomic E-state index is 10.8. The fourth-order valence-electron chi connectivity index (χ4n) is 1.60. The van der Waals surface area contributed by atoms with Crippen molar-refractivity contribution in [1.82, 2.24) is 15.1 Å². The molecule has 5 heteroatoms. The zero-order valence-corrected chi connectivity index (χ0v) is 7.79. The number of amides is 2. The highest BCUT2D eigenvalue weighted by molar-refractivity contribution is 6.01. The van der Waals surface area contributed by atoms with E-state index in [9.17, 15) is 4.79 Å². The number of piperazine rings is 1. The van der Waals surface area contributed by atoms with Crippen LogP contribution in [0, 0.1) is 0 Å². The topological polar surface area (TPSA) is 47.9 Å². The molecule has 5 nitrogen and oxygen atoms in total. The molecule has 2 heterocycles. The molecule has 0 aromatic carbocycles. The lowest BCUT2D eigenvalue weighted by atomic mass is 10.3. The highest BCUT2D eigenvalue weighted by atomic mass is 16.2. The minimum Gasteiger partial charge on any atom is -0.356 e. The van der Waals surface area contributed by atoms with Crippen LogP contribution in [0.25, 0.3) is 0 Å².